The Bertz CT molecular complexity index is 1300. The molecule has 216 valence electrons. The lowest BCUT2D eigenvalue weighted by atomic mass is 9.40. The summed E-state index contributed by atoms with van der Waals surface area (Å²) in [6.45, 7) is 9.05. The highest BCUT2D eigenvalue weighted by atomic mass is 35.5. The Morgan fingerprint density at radius 1 is 1.05 bits per heavy atom. The number of anilines is 4. The lowest BCUT2D eigenvalue weighted by Gasteiger charge is -2.66. The number of hydrogen-bond donors (Lipinski definition) is 3. The van der Waals surface area contributed by atoms with Crippen molar-refractivity contribution in [1.82, 2.24) is 20.2 Å². The molecule has 4 fully saturated rings. The number of nitrogens with zero attached hydrogens (tertiary/aromatic N) is 4. The summed E-state index contributed by atoms with van der Waals surface area (Å²) in [6, 6.07) is 7.32. The summed E-state index contributed by atoms with van der Waals surface area (Å²) in [6.07, 6.45) is 1.58. The summed E-state index contributed by atoms with van der Waals surface area (Å²) in [5, 5.41) is 10.6. The summed E-state index contributed by atoms with van der Waals surface area (Å²) < 4.78 is 4.84. The largest absolute Gasteiger partial charge is 0.453 e. The van der Waals surface area contributed by atoms with Crippen molar-refractivity contribution in [2.45, 2.75) is 39.2 Å². The molecular weight excluding hydrogens is 553 g/mol. The number of amides is 2. The van der Waals surface area contributed by atoms with E-state index in [4.69, 9.17) is 32.9 Å². The molecule has 0 unspecified atom stereocenters. The van der Waals surface area contributed by atoms with Crippen molar-refractivity contribution in [3.63, 3.8) is 0 Å². The molecular formula is C28H37Cl2N7O3. The zero-order chi connectivity index (χ0) is 28.8. The number of hydrogen-bond acceptors (Lipinski definition) is 8. The van der Waals surface area contributed by atoms with Crippen LogP contribution in [-0.4, -0.2) is 72.7 Å². The van der Waals surface area contributed by atoms with Gasteiger partial charge in [0.15, 0.2) is 0 Å². The SMILES string of the molecule is CNC(=O)[C@H]1C[C@@H]2C[C@H](C2(C)C)[C@@]1(C)Nc1cc(Cl)nc(Nc2ccc(Cl)c(N3CCN(C(=O)OC)CC3)c2)n1. The Balaban J connectivity index is 1.35. The minimum atomic E-state index is -0.493. The number of ether oxygens (including phenoxy) is 1. The second-order valence-corrected chi connectivity index (χ2v) is 12.5. The van der Waals surface area contributed by atoms with Crippen LogP contribution in [-0.2, 0) is 9.53 Å². The second-order valence-electron chi connectivity index (χ2n) is 11.8. The highest BCUT2D eigenvalue weighted by Gasteiger charge is 2.64. The topological polar surface area (TPSA) is 112 Å². The first-order valence-electron chi connectivity index (χ1n) is 13.6. The number of carbonyl (C=O) groups is 2. The highest BCUT2D eigenvalue weighted by molar-refractivity contribution is 6.33. The predicted molar refractivity (Wildman–Crippen MR) is 158 cm³/mol. The van der Waals surface area contributed by atoms with Crippen molar-refractivity contribution in [3.8, 4) is 0 Å². The summed E-state index contributed by atoms with van der Waals surface area (Å²) >= 11 is 13.0. The van der Waals surface area contributed by atoms with Crippen LogP contribution in [0.2, 0.25) is 10.2 Å². The van der Waals surface area contributed by atoms with Gasteiger partial charge in [-0.05, 0) is 55.2 Å². The van der Waals surface area contributed by atoms with Gasteiger partial charge in [0.1, 0.15) is 11.0 Å². The lowest BCUT2D eigenvalue weighted by Crippen LogP contribution is -2.69. The zero-order valence-corrected chi connectivity index (χ0v) is 25.1. The summed E-state index contributed by atoms with van der Waals surface area (Å²) in [4.78, 5) is 37.7. The fraction of sp³-hybridized carbons (Fsp3) is 0.571. The molecule has 1 aromatic heterocycles. The molecule has 3 saturated carbocycles. The maximum Gasteiger partial charge on any atom is 0.409 e. The standard InChI is InChI=1S/C28H37Cl2N7O3/c1-27(2)16-12-18(24(38)31-4)28(3,21(27)13-16)35-23-15-22(30)33-25(34-23)32-17-6-7-19(29)20(14-17)36-8-10-37(11-9-36)26(39)40-5/h6-7,14-16,18,21H,8-13H2,1-5H3,(H,31,38)(H2,32,33,34,35)/t16-,18-,21-,28+/m1/s1. The number of benzene rings is 1. The van der Waals surface area contributed by atoms with E-state index in [9.17, 15) is 9.59 Å². The fourth-order valence-electron chi connectivity index (χ4n) is 6.97. The molecule has 2 heterocycles. The number of rotatable bonds is 6. The maximum atomic E-state index is 12.9. The van der Waals surface area contributed by atoms with Crippen molar-refractivity contribution >= 4 is 58.3 Å². The van der Waals surface area contributed by atoms with E-state index >= 15 is 0 Å². The third-order valence-electron chi connectivity index (χ3n) is 9.35. The first-order valence-corrected chi connectivity index (χ1v) is 14.4. The number of piperazine rings is 1. The number of carbonyl (C=O) groups excluding carboxylic acids is 2. The van der Waals surface area contributed by atoms with Crippen molar-refractivity contribution in [2.24, 2.45) is 23.2 Å². The average molecular weight is 591 g/mol. The lowest BCUT2D eigenvalue weighted by molar-refractivity contribution is -0.155. The van der Waals surface area contributed by atoms with Gasteiger partial charge in [0.2, 0.25) is 11.9 Å². The summed E-state index contributed by atoms with van der Waals surface area (Å²) in [5.74, 6) is 1.60. The van der Waals surface area contributed by atoms with E-state index in [1.807, 2.05) is 18.2 Å². The van der Waals surface area contributed by atoms with E-state index in [0.717, 1.165) is 24.2 Å². The predicted octanol–water partition coefficient (Wildman–Crippen LogP) is 5.01. The molecule has 1 aliphatic heterocycles. The molecule has 1 saturated heterocycles. The second kappa shape index (κ2) is 10.8. The van der Waals surface area contributed by atoms with Gasteiger partial charge in [0.25, 0.3) is 0 Å². The molecule has 12 heteroatoms. The Morgan fingerprint density at radius 2 is 1.77 bits per heavy atom. The first kappa shape index (κ1) is 28.5. The molecule has 0 radical (unpaired) electrons. The maximum absolute atomic E-state index is 12.9. The molecule has 4 atom stereocenters. The van der Waals surface area contributed by atoms with Crippen LogP contribution < -0.4 is 20.9 Å². The van der Waals surface area contributed by atoms with E-state index < -0.39 is 5.54 Å². The quantitative estimate of drug-likeness (QED) is 0.403. The summed E-state index contributed by atoms with van der Waals surface area (Å²) in [7, 11) is 3.08. The van der Waals surface area contributed by atoms with Crippen LogP contribution in [0.3, 0.4) is 0 Å². The number of nitrogens with one attached hydrogen (secondary N) is 3. The Morgan fingerprint density at radius 3 is 2.42 bits per heavy atom. The van der Waals surface area contributed by atoms with E-state index in [-0.39, 0.29) is 28.5 Å². The van der Waals surface area contributed by atoms with Gasteiger partial charge in [-0.1, -0.05) is 37.0 Å². The number of methoxy groups -OCH3 is 1. The van der Waals surface area contributed by atoms with Crippen molar-refractivity contribution < 1.29 is 14.3 Å². The van der Waals surface area contributed by atoms with Crippen LogP contribution in [0.1, 0.15) is 33.6 Å². The van der Waals surface area contributed by atoms with Crippen LogP contribution in [0.25, 0.3) is 0 Å². The van der Waals surface area contributed by atoms with E-state index in [1.54, 1.807) is 18.0 Å². The van der Waals surface area contributed by atoms with E-state index in [0.29, 0.717) is 54.8 Å². The zero-order valence-electron chi connectivity index (χ0n) is 23.6. The molecule has 10 nitrogen and oxygen atoms in total. The van der Waals surface area contributed by atoms with Gasteiger partial charge >= 0.3 is 6.09 Å². The van der Waals surface area contributed by atoms with Crippen LogP contribution in [0, 0.1) is 23.2 Å². The summed E-state index contributed by atoms with van der Waals surface area (Å²) in [5.41, 5.74) is 1.24. The minimum absolute atomic E-state index is 0.0415. The highest BCUT2D eigenvalue weighted by Crippen LogP contribution is 2.65. The monoisotopic (exact) mass is 589 g/mol. The third kappa shape index (κ3) is 5.11. The van der Waals surface area contributed by atoms with Crippen LogP contribution in [0.5, 0.6) is 0 Å². The normalized spacial score (nSPS) is 26.9. The molecule has 2 aromatic rings. The molecule has 0 spiro atoms. The van der Waals surface area contributed by atoms with Crippen LogP contribution >= 0.6 is 23.2 Å². The molecule has 40 heavy (non-hydrogen) atoms. The van der Waals surface area contributed by atoms with Gasteiger partial charge in [0.05, 0.1) is 29.3 Å². The number of halogens is 2. The molecule has 3 N–H and O–H groups in total. The smallest absolute Gasteiger partial charge is 0.409 e. The molecule has 2 bridgehead atoms. The van der Waals surface area contributed by atoms with Gasteiger partial charge in [0, 0.05) is 45.0 Å². The molecule has 6 rings (SSSR count). The van der Waals surface area contributed by atoms with E-state index in [2.05, 4.69) is 46.6 Å². The number of aromatic nitrogens is 2. The molecule has 3 aliphatic carbocycles. The van der Waals surface area contributed by atoms with Crippen LogP contribution in [0.15, 0.2) is 24.3 Å². The van der Waals surface area contributed by atoms with Gasteiger partial charge in [-0.2, -0.15) is 4.98 Å². The first-order chi connectivity index (χ1) is 19.0. The Kier molecular flexibility index (Phi) is 7.69. The minimum Gasteiger partial charge on any atom is -0.453 e. The van der Waals surface area contributed by atoms with Gasteiger partial charge < -0.3 is 30.5 Å². The van der Waals surface area contributed by atoms with Gasteiger partial charge in [-0.3, -0.25) is 4.79 Å². The Labute approximate surface area is 245 Å². The molecule has 2 amide bonds. The van der Waals surface area contributed by atoms with Gasteiger partial charge in [-0.15, -0.1) is 0 Å². The third-order valence-corrected chi connectivity index (χ3v) is 9.86. The van der Waals surface area contributed by atoms with Crippen molar-refractivity contribution in [3.05, 3.63) is 34.4 Å². The van der Waals surface area contributed by atoms with Crippen molar-refractivity contribution in [2.75, 3.05) is 55.9 Å². The average Bonchev–Trinajstić information content (AvgIpc) is 2.92. The fourth-order valence-corrected chi connectivity index (χ4v) is 7.39. The molecule has 4 aliphatic rings. The Hall–Kier alpha value is -2.98. The van der Waals surface area contributed by atoms with Gasteiger partial charge in [-0.25, -0.2) is 9.78 Å². The van der Waals surface area contributed by atoms with E-state index in [1.165, 1.54) is 7.11 Å². The van der Waals surface area contributed by atoms with Crippen molar-refractivity contribution in [1.29, 1.82) is 0 Å². The van der Waals surface area contributed by atoms with Crippen LogP contribution in [0.4, 0.5) is 27.9 Å². The number of fused-ring (bicyclic) bond motifs is 2. The molecule has 1 aromatic carbocycles.